The van der Waals surface area contributed by atoms with Crippen LogP contribution in [0.1, 0.15) is 0 Å². The maximum absolute atomic E-state index is 6.29. The summed E-state index contributed by atoms with van der Waals surface area (Å²) in [6, 6.07) is 161. The van der Waals surface area contributed by atoms with E-state index < -0.39 is 24.2 Å². The first-order valence-electron chi connectivity index (χ1n) is 50.5. The Bertz CT molecular complexity index is 9960. The lowest BCUT2D eigenvalue weighted by Gasteiger charge is -2.19. The highest BCUT2D eigenvalue weighted by Crippen LogP contribution is 2.48. The van der Waals surface area contributed by atoms with Crippen LogP contribution in [-0.2, 0) is 0 Å². The normalized spacial score (nSPS) is 13.4. The second kappa shape index (κ2) is 33.2. The summed E-state index contributed by atoms with van der Waals surface area (Å²) in [5.74, 6) is 2.37. The maximum Gasteiger partial charge on any atom is 0.159 e. The molecule has 0 unspecified atom stereocenters. The summed E-state index contributed by atoms with van der Waals surface area (Å²) >= 11 is 1.88. The van der Waals surface area contributed by atoms with Gasteiger partial charge in [0.1, 0.15) is 35.4 Å². The number of hydrogen-bond acceptors (Lipinski definition) is 8. The minimum Gasteiger partial charge on any atom is -0.456 e. The molecular formula is C132H92N10OSSi3. The van der Waals surface area contributed by atoms with E-state index in [1.54, 1.807) is 0 Å². The molecule has 19 aromatic carbocycles. The molecule has 15 heteroatoms. The molecule has 0 amide bonds. The highest BCUT2D eigenvalue weighted by atomic mass is 32.1. The predicted molar refractivity (Wildman–Crippen MR) is 623 cm³/mol. The third kappa shape index (κ3) is 13.4. The fraction of sp³-hybridized carbons (Fsp3) is 0.0455. The average molecular weight is 1950 g/mol. The first-order valence-corrected chi connectivity index (χ1v) is 60.3. The fourth-order valence-corrected chi connectivity index (χ4v) is 34.1. The Hall–Kier alpha value is -17.7. The third-order valence-corrected chi connectivity index (χ3v) is 42.3. The molecule has 3 aliphatic heterocycles. The van der Waals surface area contributed by atoms with E-state index in [0.29, 0.717) is 0 Å². The number of furan rings is 1. The molecule has 0 atom stereocenters. The van der Waals surface area contributed by atoms with E-state index in [0.717, 1.165) is 118 Å². The van der Waals surface area contributed by atoms with Crippen LogP contribution in [0.3, 0.4) is 0 Å². The summed E-state index contributed by atoms with van der Waals surface area (Å²) in [5.41, 5.74) is 32.8. The van der Waals surface area contributed by atoms with Gasteiger partial charge in [-0.3, -0.25) is 0 Å². The minimum absolute atomic E-state index is 0.788. The summed E-state index contributed by atoms with van der Waals surface area (Å²) < 4.78 is 18.6. The van der Waals surface area contributed by atoms with Gasteiger partial charge in [0, 0.05) is 163 Å². The quantitative estimate of drug-likeness (QED) is 0.125. The van der Waals surface area contributed by atoms with E-state index in [-0.39, 0.29) is 0 Å². The van der Waals surface area contributed by atoms with Crippen molar-refractivity contribution in [1.82, 2.24) is 48.2 Å². The Morgan fingerprint density at radius 1 is 0.197 bits per heavy atom. The number of rotatable bonds is 10. The van der Waals surface area contributed by atoms with Crippen molar-refractivity contribution in [1.29, 1.82) is 0 Å². The second-order valence-electron chi connectivity index (χ2n) is 40.7. The summed E-state index contributed by atoms with van der Waals surface area (Å²) in [6.45, 7) is 14.5. The van der Waals surface area contributed by atoms with Crippen molar-refractivity contribution in [2.75, 3.05) is 0 Å². The van der Waals surface area contributed by atoms with Gasteiger partial charge >= 0.3 is 0 Å². The summed E-state index contributed by atoms with van der Waals surface area (Å²) in [5, 5.41) is 22.8. The van der Waals surface area contributed by atoms with E-state index in [1.807, 2.05) is 41.7 Å². The lowest BCUT2D eigenvalue weighted by molar-refractivity contribution is 0.669. The molecule has 31 rings (SSSR count). The molecular weight excluding hydrogens is 1860 g/mol. The zero-order chi connectivity index (χ0) is 97.8. The van der Waals surface area contributed by atoms with E-state index in [4.69, 9.17) is 34.3 Å². The largest absolute Gasteiger partial charge is 0.456 e. The second-order valence-corrected chi connectivity index (χ2v) is 54.5. The van der Waals surface area contributed by atoms with Crippen molar-refractivity contribution in [3.8, 4) is 124 Å². The monoisotopic (exact) mass is 1950 g/mol. The lowest BCUT2D eigenvalue weighted by Crippen LogP contribution is -2.50. The molecule has 0 N–H and O–H groups in total. The third-order valence-electron chi connectivity index (χ3n) is 31.2. The number of thiophene rings is 1. The van der Waals surface area contributed by atoms with Gasteiger partial charge in [-0.15, -0.1) is 11.3 Å². The summed E-state index contributed by atoms with van der Waals surface area (Å²) in [7, 11) is -6.09. The van der Waals surface area contributed by atoms with Crippen molar-refractivity contribution in [2.24, 2.45) is 0 Å². The summed E-state index contributed by atoms with van der Waals surface area (Å²) in [6.07, 6.45) is 0. The Labute approximate surface area is 854 Å². The molecule has 28 aromatic rings. The Kier molecular flexibility index (Phi) is 19.4. The smallest absolute Gasteiger partial charge is 0.159 e. The Balaban J connectivity index is 0.000000104. The van der Waals surface area contributed by atoms with E-state index in [2.05, 4.69) is 476 Å². The van der Waals surface area contributed by atoms with Crippen LogP contribution in [0.2, 0.25) is 39.3 Å². The first kappa shape index (κ1) is 86.0. The van der Waals surface area contributed by atoms with Gasteiger partial charge in [0.2, 0.25) is 0 Å². The molecule has 0 saturated carbocycles. The van der Waals surface area contributed by atoms with Crippen LogP contribution in [0.15, 0.2) is 453 Å². The van der Waals surface area contributed by atoms with Gasteiger partial charge in [0.25, 0.3) is 0 Å². The van der Waals surface area contributed by atoms with Crippen LogP contribution in [0.4, 0.5) is 0 Å². The molecule has 9 aromatic heterocycles. The Morgan fingerprint density at radius 3 is 0.864 bits per heavy atom. The van der Waals surface area contributed by atoms with Crippen molar-refractivity contribution >= 4 is 196 Å². The van der Waals surface area contributed by atoms with Gasteiger partial charge in [-0.2, -0.15) is 0 Å². The molecule has 0 fully saturated rings. The van der Waals surface area contributed by atoms with Gasteiger partial charge in [0.15, 0.2) is 17.5 Å². The molecule has 0 bridgehead atoms. The zero-order valence-electron chi connectivity index (χ0n) is 81.5. The van der Waals surface area contributed by atoms with Crippen LogP contribution in [0.25, 0.3) is 253 Å². The topological polar surface area (TPSA) is 110 Å². The molecule has 0 aliphatic carbocycles. The van der Waals surface area contributed by atoms with Gasteiger partial charge in [0.05, 0.1) is 61.2 Å². The van der Waals surface area contributed by atoms with E-state index >= 15 is 0 Å². The molecule has 694 valence electrons. The number of fused-ring (bicyclic) bond motifs is 27. The standard InChI is InChI=1S/C48H34N4Si.C42H29N3OSi.C42H29N3SSi/c1-53(2)44-24-14-11-21-37(44)45-46(49-47(50-48(45)53)32-15-5-3-6-16-32)31-25-27-34(28-26-31)52-41-23-13-10-20-36(41)39-29-42-38(30-43(39)52)35-19-9-12-22-40(35)51(42)33-17-7-4-8-18-33;2*1-47(2)38-19-11-8-16-31(38)39-40(43-41(44-42(39)47)27-12-4-3-5-13-27)26-20-22-28(23-21-26)45-34-17-9-6-14-29(34)32-25-37-33(24-35(32)45)30-15-7-10-18-36(30)46-37/h3-30H,1-2H3;2*3-25H,1-2H3. The molecule has 0 spiro atoms. The van der Waals surface area contributed by atoms with Crippen LogP contribution in [0.5, 0.6) is 0 Å². The number of nitrogens with zero attached hydrogens (tertiary/aromatic N) is 10. The minimum atomic E-state index is -2.04. The molecule has 0 radical (unpaired) electrons. The van der Waals surface area contributed by atoms with Crippen LogP contribution in [-0.4, -0.2) is 72.4 Å². The summed E-state index contributed by atoms with van der Waals surface area (Å²) in [4.78, 5) is 31.8. The maximum atomic E-state index is 6.29. The van der Waals surface area contributed by atoms with Crippen molar-refractivity contribution in [3.05, 3.63) is 449 Å². The number of benzene rings is 19. The average Bonchev–Trinajstić information content (AvgIpc) is 1.58. The molecule has 12 heterocycles. The first-order chi connectivity index (χ1) is 72.2. The van der Waals surface area contributed by atoms with Crippen LogP contribution >= 0.6 is 11.3 Å². The van der Waals surface area contributed by atoms with Gasteiger partial charge < -0.3 is 22.7 Å². The highest BCUT2D eigenvalue weighted by molar-refractivity contribution is 7.26. The van der Waals surface area contributed by atoms with E-state index in [9.17, 15) is 0 Å². The van der Waals surface area contributed by atoms with Gasteiger partial charge in [-0.05, 0) is 154 Å². The van der Waals surface area contributed by atoms with Crippen molar-refractivity contribution in [3.63, 3.8) is 0 Å². The SMILES string of the molecule is C[Si]1(C)c2ccccc2-c2c(-c3ccc(-n4c5ccccc5c5cc6c(cc54)c4ccccc4n6-c4ccccc4)cc3)nc(-c3ccccc3)nc21.C[Si]1(C)c2ccccc2-c2c(-c3ccc(-n4c5ccccc5c5cc6oc7ccccc7c6cc54)cc3)nc(-c3ccccc3)nc21.C[Si]1(C)c2ccccc2-c2c(-c3ccc(-n4c5ccccc5c5cc6sc7ccccc7c6cc54)cc3)nc(-c3ccccc3)nc21. The van der Waals surface area contributed by atoms with Crippen molar-refractivity contribution < 1.29 is 4.42 Å². The van der Waals surface area contributed by atoms with Crippen LogP contribution < -0.4 is 31.5 Å². The molecule has 147 heavy (non-hydrogen) atoms. The molecule has 11 nitrogen and oxygen atoms in total. The lowest BCUT2D eigenvalue weighted by atomic mass is 10.00. The predicted octanol–water partition coefficient (Wildman–Crippen LogP) is 30.5. The Morgan fingerprint density at radius 2 is 0.483 bits per heavy atom. The van der Waals surface area contributed by atoms with Crippen molar-refractivity contribution in [2.45, 2.75) is 39.3 Å². The fourth-order valence-electron chi connectivity index (χ4n) is 24.2. The highest BCUT2D eigenvalue weighted by Gasteiger charge is 2.45. The van der Waals surface area contributed by atoms with Gasteiger partial charge in [-0.25, -0.2) is 29.9 Å². The number of hydrogen-bond donors (Lipinski definition) is 0. The number of aromatic nitrogens is 10. The molecule has 3 aliphatic rings. The van der Waals surface area contributed by atoms with E-state index in [1.165, 1.54) is 167 Å². The van der Waals surface area contributed by atoms with Crippen LogP contribution in [0, 0.1) is 0 Å². The molecule has 0 saturated heterocycles. The zero-order valence-corrected chi connectivity index (χ0v) is 85.3. The number of para-hydroxylation sites is 6. The van der Waals surface area contributed by atoms with Gasteiger partial charge in [-0.1, -0.05) is 367 Å².